The summed E-state index contributed by atoms with van der Waals surface area (Å²) < 4.78 is 18.3. The minimum absolute atomic E-state index is 0.321. The maximum absolute atomic E-state index is 12.1. The molecular weight excluding hydrogens is 406 g/mol. The van der Waals surface area contributed by atoms with Crippen molar-refractivity contribution < 1.29 is 19.0 Å². The van der Waals surface area contributed by atoms with E-state index in [1.807, 2.05) is 43.3 Å². The van der Waals surface area contributed by atoms with E-state index in [2.05, 4.69) is 16.0 Å². The first kappa shape index (κ1) is 22.0. The molecule has 7 heteroatoms. The molecule has 1 amide bonds. The Labute approximate surface area is 188 Å². The van der Waals surface area contributed by atoms with Crippen LogP contribution in [0, 0.1) is 0 Å². The van der Waals surface area contributed by atoms with Crippen LogP contribution in [-0.4, -0.2) is 37.1 Å². The Bertz CT molecular complexity index is 1090. The number of carbonyl (C=O) groups excluding carboxylic acids is 1. The number of ether oxygens (including phenoxy) is 3. The molecule has 1 unspecified atom stereocenters. The minimum Gasteiger partial charge on any atom is -0.494 e. The van der Waals surface area contributed by atoms with E-state index in [9.17, 15) is 4.79 Å². The number of fused-ring (bicyclic) bond motifs is 1. The van der Waals surface area contributed by atoms with Gasteiger partial charge in [-0.3, -0.25) is 5.32 Å². The molecular formula is C25H31N3O4. The number of hydrogen-bond acceptors (Lipinski definition) is 5. The van der Waals surface area contributed by atoms with Crippen LogP contribution in [0.5, 0.6) is 5.75 Å². The van der Waals surface area contributed by atoms with Crippen molar-refractivity contribution in [2.75, 3.05) is 31.4 Å². The van der Waals surface area contributed by atoms with Gasteiger partial charge in [0, 0.05) is 29.8 Å². The fourth-order valence-corrected chi connectivity index (χ4v) is 4.20. The third-order valence-electron chi connectivity index (χ3n) is 5.88. The van der Waals surface area contributed by atoms with E-state index in [4.69, 9.17) is 19.9 Å². The maximum Gasteiger partial charge on any atom is 0.411 e. The molecule has 0 spiro atoms. The molecule has 0 aliphatic heterocycles. The molecule has 3 N–H and O–H groups in total. The number of anilines is 2. The first-order valence-electron chi connectivity index (χ1n) is 11.1. The first-order chi connectivity index (χ1) is 15.5. The molecule has 1 aromatic heterocycles. The molecule has 1 aliphatic rings. The summed E-state index contributed by atoms with van der Waals surface area (Å²) in [7, 11) is 1.57. The van der Waals surface area contributed by atoms with Gasteiger partial charge in [0.2, 0.25) is 0 Å². The van der Waals surface area contributed by atoms with E-state index in [1.165, 1.54) is 6.42 Å². The van der Waals surface area contributed by atoms with Gasteiger partial charge in [-0.2, -0.15) is 0 Å². The van der Waals surface area contributed by atoms with Crippen LogP contribution in [0.3, 0.4) is 0 Å². The molecule has 1 atom stereocenters. The minimum atomic E-state index is -0.506. The zero-order valence-electron chi connectivity index (χ0n) is 18.9. The number of aromatic nitrogens is 1. The number of nitrogens with one attached hydrogen (secondary N) is 1. The van der Waals surface area contributed by atoms with Crippen molar-refractivity contribution >= 4 is 28.4 Å². The monoisotopic (exact) mass is 437 g/mol. The molecule has 32 heavy (non-hydrogen) atoms. The number of nitrogens with two attached hydrogens (primary N) is 1. The Balaban J connectivity index is 1.64. The van der Waals surface area contributed by atoms with Gasteiger partial charge in [0.05, 0.1) is 30.1 Å². The number of carbonyl (C=O) groups is 1. The number of nitrogens with zero attached hydrogens (tertiary/aromatic N) is 1. The highest BCUT2D eigenvalue weighted by atomic mass is 16.6. The SMILES string of the molecule is CCOc1ccc2c(c1)c(N)c(-c1ccc(NC(=O)OC(C)COC)cc1)n2C1CCC1. The fraction of sp³-hybridized carbons (Fsp3) is 0.400. The molecule has 1 fully saturated rings. The van der Waals surface area contributed by atoms with E-state index in [1.54, 1.807) is 14.0 Å². The average molecular weight is 438 g/mol. The van der Waals surface area contributed by atoms with Gasteiger partial charge in [-0.25, -0.2) is 4.79 Å². The summed E-state index contributed by atoms with van der Waals surface area (Å²) in [6.45, 7) is 4.72. The molecule has 2 aromatic carbocycles. The predicted molar refractivity (Wildman–Crippen MR) is 127 cm³/mol. The molecule has 170 valence electrons. The van der Waals surface area contributed by atoms with Gasteiger partial charge >= 0.3 is 6.09 Å². The Morgan fingerprint density at radius 3 is 2.59 bits per heavy atom. The van der Waals surface area contributed by atoms with E-state index < -0.39 is 6.09 Å². The normalized spacial score (nSPS) is 14.7. The number of nitrogen functional groups attached to an aromatic ring is 1. The third-order valence-corrected chi connectivity index (χ3v) is 5.88. The molecule has 0 radical (unpaired) electrons. The summed E-state index contributed by atoms with van der Waals surface area (Å²) in [5.41, 5.74) is 11.2. The Hall–Kier alpha value is -3.19. The van der Waals surface area contributed by atoms with Crippen LogP contribution in [0.15, 0.2) is 42.5 Å². The van der Waals surface area contributed by atoms with Crippen LogP contribution in [0.2, 0.25) is 0 Å². The Morgan fingerprint density at radius 2 is 1.97 bits per heavy atom. The van der Waals surface area contributed by atoms with Gasteiger partial charge in [0.1, 0.15) is 11.9 Å². The highest BCUT2D eigenvalue weighted by Gasteiger charge is 2.27. The number of benzene rings is 2. The molecule has 1 heterocycles. The molecule has 1 saturated carbocycles. The standard InChI is InChI=1S/C25H31N3O4/c1-4-31-20-12-13-22-21(14-20)23(26)24(28(22)19-6-5-7-19)17-8-10-18(11-9-17)27-25(29)32-16(2)15-30-3/h8-14,16,19H,4-7,15,26H2,1-3H3,(H,27,29). The molecule has 4 rings (SSSR count). The van der Waals surface area contributed by atoms with Gasteiger partial charge < -0.3 is 24.5 Å². The second-order valence-electron chi connectivity index (χ2n) is 8.20. The van der Waals surface area contributed by atoms with E-state index in [-0.39, 0.29) is 6.10 Å². The van der Waals surface area contributed by atoms with E-state index in [0.29, 0.717) is 24.9 Å². The first-order valence-corrected chi connectivity index (χ1v) is 11.1. The van der Waals surface area contributed by atoms with Crippen LogP contribution in [0.1, 0.15) is 39.2 Å². The van der Waals surface area contributed by atoms with E-state index in [0.717, 1.165) is 46.4 Å². The van der Waals surface area contributed by atoms with Crippen molar-refractivity contribution in [1.82, 2.24) is 4.57 Å². The second kappa shape index (κ2) is 9.53. The highest BCUT2D eigenvalue weighted by Crippen LogP contribution is 2.44. The summed E-state index contributed by atoms with van der Waals surface area (Å²) in [6.07, 6.45) is 2.70. The van der Waals surface area contributed by atoms with Crippen molar-refractivity contribution in [2.45, 2.75) is 45.3 Å². The summed E-state index contributed by atoms with van der Waals surface area (Å²) in [6, 6.07) is 14.3. The molecule has 0 bridgehead atoms. The average Bonchev–Trinajstić information content (AvgIpc) is 3.00. The van der Waals surface area contributed by atoms with Crippen LogP contribution in [-0.2, 0) is 9.47 Å². The summed E-state index contributed by atoms with van der Waals surface area (Å²) in [5.74, 6) is 0.824. The van der Waals surface area contributed by atoms with Gasteiger partial charge in [-0.05, 0) is 63.4 Å². The van der Waals surface area contributed by atoms with Crippen molar-refractivity contribution in [2.24, 2.45) is 0 Å². The summed E-state index contributed by atoms with van der Waals surface area (Å²) >= 11 is 0. The lowest BCUT2D eigenvalue weighted by molar-refractivity contribution is 0.0564. The van der Waals surface area contributed by atoms with Gasteiger partial charge in [0.15, 0.2) is 0 Å². The lowest BCUT2D eigenvalue weighted by atomic mass is 9.92. The number of methoxy groups -OCH3 is 1. The smallest absolute Gasteiger partial charge is 0.411 e. The second-order valence-corrected chi connectivity index (χ2v) is 8.20. The lowest BCUT2D eigenvalue weighted by Crippen LogP contribution is -2.23. The third kappa shape index (κ3) is 4.39. The molecule has 0 saturated heterocycles. The summed E-state index contributed by atoms with van der Waals surface area (Å²) in [5, 5.41) is 3.77. The van der Waals surface area contributed by atoms with E-state index >= 15 is 0 Å². The largest absolute Gasteiger partial charge is 0.494 e. The lowest BCUT2D eigenvalue weighted by Gasteiger charge is -2.30. The Morgan fingerprint density at radius 1 is 1.22 bits per heavy atom. The highest BCUT2D eigenvalue weighted by molar-refractivity contribution is 6.02. The van der Waals surface area contributed by atoms with Crippen LogP contribution in [0.4, 0.5) is 16.2 Å². The quantitative estimate of drug-likeness (QED) is 0.479. The zero-order valence-corrected chi connectivity index (χ0v) is 18.9. The molecule has 3 aromatic rings. The van der Waals surface area contributed by atoms with Crippen molar-refractivity contribution in [3.63, 3.8) is 0 Å². The van der Waals surface area contributed by atoms with Gasteiger partial charge in [-0.15, -0.1) is 0 Å². The zero-order chi connectivity index (χ0) is 22.7. The van der Waals surface area contributed by atoms with Gasteiger partial charge in [-0.1, -0.05) is 12.1 Å². The number of hydrogen-bond donors (Lipinski definition) is 2. The fourth-order valence-electron chi connectivity index (χ4n) is 4.20. The maximum atomic E-state index is 12.1. The van der Waals surface area contributed by atoms with Crippen molar-refractivity contribution in [3.8, 4) is 17.0 Å². The van der Waals surface area contributed by atoms with Crippen LogP contribution < -0.4 is 15.8 Å². The molecule has 7 nitrogen and oxygen atoms in total. The van der Waals surface area contributed by atoms with Gasteiger partial charge in [0.25, 0.3) is 0 Å². The van der Waals surface area contributed by atoms with Crippen LogP contribution >= 0.6 is 0 Å². The van der Waals surface area contributed by atoms with Crippen molar-refractivity contribution in [1.29, 1.82) is 0 Å². The number of amides is 1. The summed E-state index contributed by atoms with van der Waals surface area (Å²) in [4.78, 5) is 12.1. The topological polar surface area (TPSA) is 87.7 Å². The number of rotatable bonds is 8. The Kier molecular flexibility index (Phi) is 6.55. The molecule has 1 aliphatic carbocycles. The van der Waals surface area contributed by atoms with Crippen LogP contribution in [0.25, 0.3) is 22.2 Å². The van der Waals surface area contributed by atoms with Crippen molar-refractivity contribution in [3.05, 3.63) is 42.5 Å². The predicted octanol–water partition coefficient (Wildman–Crippen LogP) is 5.60.